The van der Waals surface area contributed by atoms with Crippen LogP contribution in [0.2, 0.25) is 10.0 Å². The molecule has 0 amide bonds. The van der Waals surface area contributed by atoms with E-state index < -0.39 is 34.9 Å². The lowest BCUT2D eigenvalue weighted by atomic mass is 9.93. The minimum atomic E-state index is -1.40. The average Bonchev–Trinajstić information content (AvgIpc) is 2.59. The van der Waals surface area contributed by atoms with Crippen molar-refractivity contribution >= 4 is 46.7 Å². The summed E-state index contributed by atoms with van der Waals surface area (Å²) < 4.78 is 40.3. The van der Waals surface area contributed by atoms with Gasteiger partial charge in [-0.1, -0.05) is 30.1 Å². The molecule has 0 fully saturated rings. The highest BCUT2D eigenvalue weighted by atomic mass is 35.5. The molecule has 0 aliphatic carbocycles. The second kappa shape index (κ2) is 8.47. The summed E-state index contributed by atoms with van der Waals surface area (Å²) in [6.07, 6.45) is 0.926. The maximum Gasteiger partial charge on any atom is 0.180 e. The van der Waals surface area contributed by atoms with Gasteiger partial charge in [0.1, 0.15) is 23.3 Å². The van der Waals surface area contributed by atoms with Crippen molar-refractivity contribution in [1.29, 1.82) is 0 Å². The minimum absolute atomic E-state index is 0.0119. The third kappa shape index (κ3) is 4.51. The lowest BCUT2D eigenvalue weighted by Gasteiger charge is -2.11. The summed E-state index contributed by atoms with van der Waals surface area (Å²) >= 11 is 11.5. The molecule has 0 aromatic heterocycles. The number of carbonyl (C=O) groups is 2. The van der Waals surface area contributed by atoms with Gasteiger partial charge in [0.2, 0.25) is 0 Å². The highest BCUT2D eigenvalue weighted by molar-refractivity contribution is 6.38. The zero-order valence-corrected chi connectivity index (χ0v) is 14.9. The third-order valence-corrected chi connectivity index (χ3v) is 4.13. The Morgan fingerprint density at radius 3 is 2.38 bits per heavy atom. The van der Waals surface area contributed by atoms with Crippen LogP contribution in [0.15, 0.2) is 35.3 Å². The largest absolute Gasteiger partial charge is 0.298 e. The summed E-state index contributed by atoms with van der Waals surface area (Å²) in [5, 5.41) is -0.399. The Labute approximate surface area is 157 Å². The lowest BCUT2D eigenvalue weighted by molar-refractivity contribution is -0.119. The molecule has 2 aromatic rings. The molecule has 0 N–H and O–H groups in total. The zero-order chi connectivity index (χ0) is 19.4. The van der Waals surface area contributed by atoms with Crippen LogP contribution in [0.1, 0.15) is 23.7 Å². The van der Waals surface area contributed by atoms with Crippen molar-refractivity contribution in [3.8, 4) is 0 Å². The van der Waals surface area contributed by atoms with Crippen molar-refractivity contribution in [3.05, 3.63) is 63.4 Å². The van der Waals surface area contributed by atoms with Crippen molar-refractivity contribution in [2.45, 2.75) is 13.3 Å². The molecule has 1 atom stereocenters. The molecule has 2 aromatic carbocycles. The molecular formula is C18H12Cl2F3NO2. The van der Waals surface area contributed by atoms with Crippen LogP contribution in [0.25, 0.3) is 0 Å². The average molecular weight is 402 g/mol. The fraction of sp³-hybridized carbons (Fsp3) is 0.167. The van der Waals surface area contributed by atoms with E-state index in [0.717, 1.165) is 30.5 Å². The fourth-order valence-electron chi connectivity index (χ4n) is 2.14. The van der Waals surface area contributed by atoms with Crippen LogP contribution in [-0.4, -0.2) is 17.8 Å². The fourth-order valence-corrected chi connectivity index (χ4v) is 2.61. The van der Waals surface area contributed by atoms with Gasteiger partial charge in [0.25, 0.3) is 0 Å². The predicted octanol–water partition coefficient (Wildman–Crippen LogP) is 5.59. The van der Waals surface area contributed by atoms with E-state index in [-0.39, 0.29) is 27.7 Å². The van der Waals surface area contributed by atoms with Crippen molar-refractivity contribution in [2.24, 2.45) is 10.9 Å². The molecule has 136 valence electrons. The number of rotatable bonds is 6. The van der Waals surface area contributed by atoms with Crippen LogP contribution in [-0.2, 0) is 4.79 Å². The smallest absolute Gasteiger partial charge is 0.180 e. The van der Waals surface area contributed by atoms with E-state index in [1.54, 1.807) is 0 Å². The van der Waals surface area contributed by atoms with Crippen molar-refractivity contribution < 1.29 is 22.8 Å². The van der Waals surface area contributed by atoms with E-state index >= 15 is 0 Å². The SMILES string of the molecule is CCC(=O)C(C=Nc1ccc(F)cc1F)C(=O)c1cc(F)c(Cl)cc1Cl. The van der Waals surface area contributed by atoms with Crippen LogP contribution in [0.3, 0.4) is 0 Å². The van der Waals surface area contributed by atoms with Gasteiger partial charge in [0, 0.05) is 24.3 Å². The van der Waals surface area contributed by atoms with Crippen LogP contribution < -0.4 is 0 Å². The number of hydrogen-bond donors (Lipinski definition) is 0. The monoisotopic (exact) mass is 401 g/mol. The molecule has 2 rings (SSSR count). The second-order valence-electron chi connectivity index (χ2n) is 5.28. The number of ketones is 2. The lowest BCUT2D eigenvalue weighted by Crippen LogP contribution is -2.25. The second-order valence-corrected chi connectivity index (χ2v) is 6.10. The van der Waals surface area contributed by atoms with Crippen molar-refractivity contribution in [2.75, 3.05) is 0 Å². The number of nitrogens with zero attached hydrogens (tertiary/aromatic N) is 1. The topological polar surface area (TPSA) is 46.5 Å². The van der Waals surface area contributed by atoms with E-state index in [0.29, 0.717) is 6.07 Å². The molecule has 0 aliphatic heterocycles. The minimum Gasteiger partial charge on any atom is -0.298 e. The highest BCUT2D eigenvalue weighted by Gasteiger charge is 2.27. The van der Waals surface area contributed by atoms with E-state index in [1.165, 1.54) is 6.92 Å². The molecule has 26 heavy (non-hydrogen) atoms. The van der Waals surface area contributed by atoms with Crippen molar-refractivity contribution in [3.63, 3.8) is 0 Å². The van der Waals surface area contributed by atoms with Gasteiger partial charge in [-0.15, -0.1) is 0 Å². The summed E-state index contributed by atoms with van der Waals surface area (Å²) in [7, 11) is 0. The van der Waals surface area contributed by atoms with Gasteiger partial charge in [0.15, 0.2) is 11.6 Å². The Kier molecular flexibility index (Phi) is 6.56. The Balaban J connectivity index is 2.41. The van der Waals surface area contributed by atoms with Crippen LogP contribution in [0, 0.1) is 23.4 Å². The maximum atomic E-state index is 13.7. The molecule has 0 saturated carbocycles. The molecule has 8 heteroatoms. The number of benzene rings is 2. The van der Waals surface area contributed by atoms with Crippen LogP contribution in [0.4, 0.5) is 18.9 Å². The summed E-state index contributed by atoms with van der Waals surface area (Å²) in [6, 6.07) is 4.55. The molecule has 0 bridgehead atoms. The molecule has 0 heterocycles. The van der Waals surface area contributed by atoms with Gasteiger partial charge in [0.05, 0.1) is 15.7 Å². The first-order chi connectivity index (χ1) is 12.2. The maximum absolute atomic E-state index is 13.7. The molecule has 0 spiro atoms. The molecular weight excluding hydrogens is 390 g/mol. The van der Waals surface area contributed by atoms with Gasteiger partial charge in [-0.05, 0) is 24.3 Å². The third-order valence-electron chi connectivity index (χ3n) is 3.53. The Morgan fingerprint density at radius 2 is 1.77 bits per heavy atom. The molecule has 0 radical (unpaired) electrons. The van der Waals surface area contributed by atoms with Gasteiger partial charge >= 0.3 is 0 Å². The van der Waals surface area contributed by atoms with Gasteiger partial charge in [-0.2, -0.15) is 0 Å². The first kappa shape index (κ1) is 20.1. The number of aliphatic imine (C=N–C) groups is 1. The van der Waals surface area contributed by atoms with Gasteiger partial charge in [-0.3, -0.25) is 14.6 Å². The Morgan fingerprint density at radius 1 is 1.08 bits per heavy atom. The predicted molar refractivity (Wildman–Crippen MR) is 94.0 cm³/mol. The molecule has 0 aliphatic rings. The number of carbonyl (C=O) groups excluding carboxylic acids is 2. The van der Waals surface area contributed by atoms with Gasteiger partial charge < -0.3 is 0 Å². The molecule has 3 nitrogen and oxygen atoms in total. The highest BCUT2D eigenvalue weighted by Crippen LogP contribution is 2.27. The van der Waals surface area contributed by atoms with E-state index in [1.807, 2.05) is 0 Å². The normalized spacial score (nSPS) is 12.4. The van der Waals surface area contributed by atoms with E-state index in [9.17, 15) is 22.8 Å². The van der Waals surface area contributed by atoms with Gasteiger partial charge in [-0.25, -0.2) is 13.2 Å². The summed E-state index contributed by atoms with van der Waals surface area (Å²) in [5.41, 5.74) is -0.493. The van der Waals surface area contributed by atoms with E-state index in [2.05, 4.69) is 4.99 Å². The Hall–Kier alpha value is -2.18. The first-order valence-corrected chi connectivity index (χ1v) is 8.20. The van der Waals surface area contributed by atoms with Crippen LogP contribution in [0.5, 0.6) is 0 Å². The molecule has 1 unspecified atom stereocenters. The molecule has 0 saturated heterocycles. The number of hydrogen-bond acceptors (Lipinski definition) is 3. The zero-order valence-electron chi connectivity index (χ0n) is 13.4. The quantitative estimate of drug-likeness (QED) is 0.274. The number of halogens is 5. The standard InChI is InChI=1S/C18H12Cl2F3NO2/c1-2-17(25)11(8-24-16-4-3-9(21)5-15(16)23)18(26)10-6-14(22)13(20)7-12(10)19/h3-8,11H,2H2,1H3. The summed E-state index contributed by atoms with van der Waals surface area (Å²) in [5.74, 6) is -5.34. The van der Waals surface area contributed by atoms with Crippen molar-refractivity contribution in [1.82, 2.24) is 0 Å². The number of Topliss-reactive ketones (excluding diaryl/α,β-unsaturated/α-hetero) is 2. The van der Waals surface area contributed by atoms with E-state index in [4.69, 9.17) is 23.2 Å². The Bertz CT molecular complexity index is 900. The summed E-state index contributed by atoms with van der Waals surface area (Å²) in [4.78, 5) is 28.5. The van der Waals surface area contributed by atoms with Crippen LogP contribution >= 0.6 is 23.2 Å². The summed E-state index contributed by atoms with van der Waals surface area (Å²) in [6.45, 7) is 1.53. The first-order valence-electron chi connectivity index (χ1n) is 7.45.